The lowest BCUT2D eigenvalue weighted by Gasteiger charge is -2.18. The third kappa shape index (κ3) is 3.72. The fourth-order valence-corrected chi connectivity index (χ4v) is 1.53. The van der Waals surface area contributed by atoms with Crippen molar-refractivity contribution in [1.82, 2.24) is 14.5 Å². The number of aromatic nitrogens is 2. The van der Waals surface area contributed by atoms with Gasteiger partial charge >= 0.3 is 0 Å². The average Bonchev–Trinajstić information content (AvgIpc) is 2.65. The highest BCUT2D eigenvalue weighted by atomic mass is 15.1. The fraction of sp³-hybridized carbons (Fsp3) is 0.636. The van der Waals surface area contributed by atoms with Crippen LogP contribution in [0.3, 0.4) is 0 Å². The van der Waals surface area contributed by atoms with Crippen LogP contribution in [-0.2, 0) is 13.5 Å². The Bertz CT molecular complexity index is 324. The summed E-state index contributed by atoms with van der Waals surface area (Å²) in [7, 11) is 2.01. The topological polar surface area (TPSA) is 44.9 Å². The second-order valence-corrected chi connectivity index (χ2v) is 3.55. The number of likely N-dealkylation sites (N-methyl/N-ethyl adjacent to an activating group) is 1. The molecule has 0 aromatic carbocycles. The van der Waals surface area contributed by atoms with Crippen LogP contribution < -0.4 is 0 Å². The Kier molecular flexibility index (Phi) is 4.85. The van der Waals surface area contributed by atoms with Gasteiger partial charge in [0.1, 0.15) is 5.82 Å². The molecule has 4 nitrogen and oxygen atoms in total. The van der Waals surface area contributed by atoms with Gasteiger partial charge < -0.3 is 9.47 Å². The van der Waals surface area contributed by atoms with Gasteiger partial charge in [0.15, 0.2) is 0 Å². The lowest BCUT2D eigenvalue weighted by atomic mass is 10.3. The predicted molar refractivity (Wildman–Crippen MR) is 59.3 cm³/mol. The first-order valence-corrected chi connectivity index (χ1v) is 5.33. The minimum absolute atomic E-state index is 0.606. The van der Waals surface area contributed by atoms with Crippen molar-refractivity contribution in [3.63, 3.8) is 0 Å². The van der Waals surface area contributed by atoms with Crippen LogP contribution in [0.2, 0.25) is 0 Å². The molecule has 0 fully saturated rings. The summed E-state index contributed by atoms with van der Waals surface area (Å²) < 4.78 is 2.04. The Morgan fingerprint density at radius 2 is 2.33 bits per heavy atom. The molecule has 0 aliphatic rings. The van der Waals surface area contributed by atoms with Gasteiger partial charge in [0.05, 0.1) is 6.07 Å². The van der Waals surface area contributed by atoms with Gasteiger partial charge in [-0.3, -0.25) is 0 Å². The number of hydrogen-bond donors (Lipinski definition) is 0. The fourth-order valence-electron chi connectivity index (χ4n) is 1.53. The third-order valence-corrected chi connectivity index (χ3v) is 2.56. The van der Waals surface area contributed by atoms with E-state index < -0.39 is 0 Å². The van der Waals surface area contributed by atoms with Crippen molar-refractivity contribution in [1.29, 1.82) is 5.26 Å². The van der Waals surface area contributed by atoms with Crippen LogP contribution >= 0.6 is 0 Å². The van der Waals surface area contributed by atoms with Crippen LogP contribution in [0.15, 0.2) is 12.4 Å². The molecule has 0 spiro atoms. The molecular weight excluding hydrogens is 188 g/mol. The number of nitrogens with zero attached hydrogens (tertiary/aromatic N) is 4. The first-order chi connectivity index (χ1) is 7.27. The maximum absolute atomic E-state index is 8.51. The number of rotatable bonds is 6. The molecule has 0 aliphatic heterocycles. The molecule has 0 aliphatic carbocycles. The summed E-state index contributed by atoms with van der Waals surface area (Å²) in [5.41, 5.74) is 0. The van der Waals surface area contributed by atoms with Gasteiger partial charge in [-0.1, -0.05) is 6.92 Å². The van der Waals surface area contributed by atoms with E-state index in [2.05, 4.69) is 22.9 Å². The quantitative estimate of drug-likeness (QED) is 0.702. The molecule has 0 amide bonds. The van der Waals surface area contributed by atoms with Gasteiger partial charge in [-0.2, -0.15) is 5.26 Å². The van der Waals surface area contributed by atoms with E-state index in [1.165, 1.54) is 0 Å². The summed E-state index contributed by atoms with van der Waals surface area (Å²) in [4.78, 5) is 6.55. The zero-order valence-corrected chi connectivity index (χ0v) is 9.48. The molecule has 1 rings (SSSR count). The van der Waals surface area contributed by atoms with Gasteiger partial charge in [-0.05, 0) is 6.54 Å². The normalized spacial score (nSPS) is 10.5. The molecule has 0 bridgehead atoms. The lowest BCUT2D eigenvalue weighted by Crippen LogP contribution is -2.27. The summed E-state index contributed by atoms with van der Waals surface area (Å²) >= 11 is 0. The van der Waals surface area contributed by atoms with Crippen molar-refractivity contribution in [3.05, 3.63) is 18.2 Å². The Hall–Kier alpha value is -1.34. The smallest absolute Gasteiger partial charge is 0.109 e. The predicted octanol–water partition coefficient (Wildman–Crippen LogP) is 1.20. The SMILES string of the molecule is CCN(CCC#N)CCc1nccn1C. The number of aryl methyl sites for hydroxylation is 1. The van der Waals surface area contributed by atoms with Gasteiger partial charge in [-0.15, -0.1) is 0 Å². The Labute approximate surface area is 91.1 Å². The van der Waals surface area contributed by atoms with Crippen molar-refractivity contribution in [2.24, 2.45) is 7.05 Å². The molecule has 82 valence electrons. The lowest BCUT2D eigenvalue weighted by molar-refractivity contribution is 0.296. The Morgan fingerprint density at radius 1 is 1.53 bits per heavy atom. The second kappa shape index (κ2) is 6.20. The number of hydrogen-bond acceptors (Lipinski definition) is 3. The largest absolute Gasteiger partial charge is 0.338 e. The van der Waals surface area contributed by atoms with E-state index in [0.717, 1.165) is 31.9 Å². The molecule has 1 aromatic rings. The molecule has 0 radical (unpaired) electrons. The highest BCUT2D eigenvalue weighted by Crippen LogP contribution is 1.99. The van der Waals surface area contributed by atoms with Gasteiger partial charge in [-0.25, -0.2) is 4.98 Å². The van der Waals surface area contributed by atoms with Crippen LogP contribution in [0.4, 0.5) is 0 Å². The Morgan fingerprint density at radius 3 is 2.87 bits per heavy atom. The highest BCUT2D eigenvalue weighted by molar-refractivity contribution is 4.91. The molecule has 1 heterocycles. The highest BCUT2D eigenvalue weighted by Gasteiger charge is 2.04. The van der Waals surface area contributed by atoms with Gasteiger partial charge in [0, 0.05) is 45.4 Å². The maximum atomic E-state index is 8.51. The molecular formula is C11H18N4. The third-order valence-electron chi connectivity index (χ3n) is 2.56. The van der Waals surface area contributed by atoms with Crippen molar-refractivity contribution in [2.75, 3.05) is 19.6 Å². The maximum Gasteiger partial charge on any atom is 0.109 e. The van der Waals surface area contributed by atoms with Crippen molar-refractivity contribution < 1.29 is 0 Å². The summed E-state index contributed by atoms with van der Waals surface area (Å²) in [5.74, 6) is 1.10. The number of imidazole rings is 1. The van der Waals surface area contributed by atoms with Crippen molar-refractivity contribution in [2.45, 2.75) is 19.8 Å². The Balaban J connectivity index is 2.35. The molecule has 4 heteroatoms. The minimum Gasteiger partial charge on any atom is -0.338 e. The van der Waals surface area contributed by atoms with E-state index in [4.69, 9.17) is 5.26 Å². The van der Waals surface area contributed by atoms with Crippen LogP contribution in [0.1, 0.15) is 19.2 Å². The van der Waals surface area contributed by atoms with Crippen LogP contribution in [0, 0.1) is 11.3 Å². The molecule has 0 saturated heterocycles. The first kappa shape index (κ1) is 11.7. The van der Waals surface area contributed by atoms with Crippen LogP contribution in [0.25, 0.3) is 0 Å². The van der Waals surface area contributed by atoms with E-state index in [1.54, 1.807) is 0 Å². The first-order valence-electron chi connectivity index (χ1n) is 5.33. The van der Waals surface area contributed by atoms with E-state index >= 15 is 0 Å². The van der Waals surface area contributed by atoms with Crippen LogP contribution in [-0.4, -0.2) is 34.1 Å². The summed E-state index contributed by atoms with van der Waals surface area (Å²) in [6.45, 7) is 4.95. The molecule has 1 aromatic heterocycles. The van der Waals surface area contributed by atoms with Gasteiger partial charge in [0.25, 0.3) is 0 Å². The molecule has 0 N–H and O–H groups in total. The minimum atomic E-state index is 0.606. The molecule has 0 saturated carbocycles. The zero-order valence-electron chi connectivity index (χ0n) is 9.48. The average molecular weight is 206 g/mol. The monoisotopic (exact) mass is 206 g/mol. The zero-order chi connectivity index (χ0) is 11.1. The molecule has 0 atom stereocenters. The standard InChI is InChI=1S/C11H18N4/c1-3-15(8-4-6-12)9-5-11-13-7-10-14(11)2/h7,10H,3-5,8-9H2,1-2H3. The number of nitriles is 1. The van der Waals surface area contributed by atoms with E-state index in [-0.39, 0.29) is 0 Å². The van der Waals surface area contributed by atoms with Gasteiger partial charge in [0.2, 0.25) is 0 Å². The molecule has 0 unspecified atom stereocenters. The van der Waals surface area contributed by atoms with E-state index in [1.807, 2.05) is 24.0 Å². The van der Waals surface area contributed by atoms with Crippen LogP contribution in [0.5, 0.6) is 0 Å². The molecule has 15 heavy (non-hydrogen) atoms. The van der Waals surface area contributed by atoms with E-state index in [0.29, 0.717) is 6.42 Å². The van der Waals surface area contributed by atoms with Crippen molar-refractivity contribution >= 4 is 0 Å². The van der Waals surface area contributed by atoms with E-state index in [9.17, 15) is 0 Å². The second-order valence-electron chi connectivity index (χ2n) is 3.55. The summed E-state index contributed by atoms with van der Waals surface area (Å²) in [6, 6.07) is 2.17. The summed E-state index contributed by atoms with van der Waals surface area (Å²) in [5, 5.41) is 8.51. The van der Waals surface area contributed by atoms with Crippen molar-refractivity contribution in [3.8, 4) is 6.07 Å². The summed E-state index contributed by atoms with van der Waals surface area (Å²) in [6.07, 6.45) is 5.33.